The zero-order chi connectivity index (χ0) is 21.1. The molecule has 3 aromatic carbocycles. The van der Waals surface area contributed by atoms with E-state index < -0.39 is 23.1 Å². The molecule has 152 valence electrons. The van der Waals surface area contributed by atoms with Gasteiger partial charge in [0.2, 0.25) is 0 Å². The van der Waals surface area contributed by atoms with Crippen LogP contribution in [0.1, 0.15) is 28.7 Å². The number of methoxy groups -OCH3 is 1. The molecular formula is C24H19ClO5. The molecule has 3 aromatic rings. The van der Waals surface area contributed by atoms with E-state index in [0.29, 0.717) is 33.0 Å². The third-order valence-corrected chi connectivity index (χ3v) is 6.51. The van der Waals surface area contributed by atoms with Crippen molar-refractivity contribution in [1.29, 1.82) is 0 Å². The number of para-hydroxylation sites is 1. The third-order valence-electron chi connectivity index (χ3n) is 6.20. The van der Waals surface area contributed by atoms with Crippen LogP contribution in [-0.2, 0) is 16.0 Å². The maximum Gasteiger partial charge on any atom is 0.318 e. The Labute approximate surface area is 178 Å². The van der Waals surface area contributed by atoms with Crippen molar-refractivity contribution in [2.75, 3.05) is 7.11 Å². The summed E-state index contributed by atoms with van der Waals surface area (Å²) in [6.45, 7) is 0. The van der Waals surface area contributed by atoms with E-state index in [9.17, 15) is 15.0 Å². The Morgan fingerprint density at radius 3 is 2.37 bits per heavy atom. The van der Waals surface area contributed by atoms with Crippen LogP contribution in [0.5, 0.6) is 11.5 Å². The highest BCUT2D eigenvalue weighted by Crippen LogP contribution is 2.60. The number of esters is 1. The quantitative estimate of drug-likeness (QED) is 0.496. The largest absolute Gasteiger partial charge is 0.497 e. The third kappa shape index (κ3) is 2.46. The average Bonchev–Trinajstić information content (AvgIpc) is 2.77. The lowest BCUT2D eigenvalue weighted by Crippen LogP contribution is -2.57. The standard InChI is InChI=1S/C24H19ClO5/c1-29-14-10-11-17-18(12-14)23(27)13-19(22(26)30-21-9-5-4-8-20(21)25)24(17,28)16-7-3-2-6-15(16)23/h2-12,19,27-28H,13H2,1H3. The molecule has 3 atom stereocenters. The van der Waals surface area contributed by atoms with Crippen LogP contribution in [0.2, 0.25) is 5.02 Å². The maximum atomic E-state index is 13.2. The fraction of sp³-hybridized carbons (Fsp3) is 0.208. The summed E-state index contributed by atoms with van der Waals surface area (Å²) in [4.78, 5) is 13.2. The van der Waals surface area contributed by atoms with Crippen molar-refractivity contribution in [2.24, 2.45) is 5.92 Å². The predicted octanol–water partition coefficient (Wildman–Crippen LogP) is 3.76. The molecule has 0 aliphatic heterocycles. The lowest BCUT2D eigenvalue weighted by molar-refractivity contribution is -0.157. The lowest BCUT2D eigenvalue weighted by Gasteiger charge is -2.53. The Balaban J connectivity index is 1.67. The first-order valence-corrected chi connectivity index (χ1v) is 9.97. The molecule has 0 aromatic heterocycles. The van der Waals surface area contributed by atoms with E-state index in [0.717, 1.165) is 0 Å². The van der Waals surface area contributed by atoms with E-state index >= 15 is 0 Å². The van der Waals surface area contributed by atoms with Gasteiger partial charge >= 0.3 is 5.97 Å². The second kappa shape index (κ2) is 6.57. The first-order valence-electron chi connectivity index (χ1n) is 9.59. The number of ether oxygens (including phenoxy) is 2. The van der Waals surface area contributed by atoms with Gasteiger partial charge in [-0.3, -0.25) is 4.79 Å². The van der Waals surface area contributed by atoms with E-state index in [1.54, 1.807) is 73.8 Å². The minimum atomic E-state index is -1.65. The molecule has 6 heteroatoms. The molecule has 0 saturated carbocycles. The monoisotopic (exact) mass is 422 g/mol. The van der Waals surface area contributed by atoms with E-state index in [1.807, 2.05) is 0 Å². The molecule has 6 rings (SSSR count). The van der Waals surface area contributed by atoms with Crippen molar-refractivity contribution in [3.05, 3.63) is 94.0 Å². The highest BCUT2D eigenvalue weighted by atomic mass is 35.5. The van der Waals surface area contributed by atoms with Crippen LogP contribution < -0.4 is 9.47 Å². The number of hydrogen-bond acceptors (Lipinski definition) is 5. The second-order valence-corrected chi connectivity index (χ2v) is 8.10. The van der Waals surface area contributed by atoms with Crippen LogP contribution in [0.4, 0.5) is 0 Å². The zero-order valence-corrected chi connectivity index (χ0v) is 16.9. The molecule has 5 nitrogen and oxygen atoms in total. The molecule has 0 amide bonds. The predicted molar refractivity (Wildman–Crippen MR) is 111 cm³/mol. The molecule has 30 heavy (non-hydrogen) atoms. The minimum absolute atomic E-state index is 0.0238. The smallest absolute Gasteiger partial charge is 0.318 e. The SMILES string of the molecule is COc1ccc2c(c1)C1(O)CC(C(=O)Oc3ccccc3Cl)C2(O)c2ccccc21. The van der Waals surface area contributed by atoms with Crippen molar-refractivity contribution in [3.8, 4) is 11.5 Å². The van der Waals surface area contributed by atoms with Crippen molar-refractivity contribution in [3.63, 3.8) is 0 Å². The van der Waals surface area contributed by atoms with Crippen molar-refractivity contribution >= 4 is 17.6 Å². The van der Waals surface area contributed by atoms with E-state index in [-0.39, 0.29) is 12.2 Å². The van der Waals surface area contributed by atoms with Crippen molar-refractivity contribution in [1.82, 2.24) is 0 Å². The van der Waals surface area contributed by atoms with Gasteiger partial charge < -0.3 is 19.7 Å². The Hall–Kier alpha value is -2.86. The van der Waals surface area contributed by atoms with Crippen LogP contribution >= 0.6 is 11.6 Å². The van der Waals surface area contributed by atoms with Gasteiger partial charge in [0.05, 0.1) is 18.1 Å². The van der Waals surface area contributed by atoms with Gasteiger partial charge in [0.15, 0.2) is 0 Å². The Morgan fingerprint density at radius 1 is 0.967 bits per heavy atom. The summed E-state index contributed by atoms with van der Waals surface area (Å²) in [5.74, 6) is -0.898. The number of fused-ring (bicyclic) bond motifs is 1. The minimum Gasteiger partial charge on any atom is -0.497 e. The molecule has 0 fully saturated rings. The number of carbonyl (C=O) groups is 1. The van der Waals surface area contributed by atoms with Crippen LogP contribution in [0.25, 0.3) is 0 Å². The van der Waals surface area contributed by atoms with Gasteiger partial charge in [0.25, 0.3) is 0 Å². The normalized spacial score (nSPS) is 25.9. The summed E-state index contributed by atoms with van der Waals surface area (Å²) in [6.07, 6.45) is -0.0238. The number of benzene rings is 3. The van der Waals surface area contributed by atoms with Gasteiger partial charge in [0.1, 0.15) is 22.7 Å². The van der Waals surface area contributed by atoms with Gasteiger partial charge in [-0.15, -0.1) is 0 Å². The van der Waals surface area contributed by atoms with Gasteiger partial charge in [-0.25, -0.2) is 0 Å². The van der Waals surface area contributed by atoms with Crippen LogP contribution in [0.3, 0.4) is 0 Å². The molecule has 0 radical (unpaired) electrons. The Morgan fingerprint density at radius 2 is 1.63 bits per heavy atom. The molecule has 2 bridgehead atoms. The number of aliphatic hydroxyl groups is 2. The maximum absolute atomic E-state index is 13.2. The molecular weight excluding hydrogens is 404 g/mol. The Kier molecular flexibility index (Phi) is 4.19. The van der Waals surface area contributed by atoms with Gasteiger partial charge in [-0.05, 0) is 46.5 Å². The second-order valence-electron chi connectivity index (χ2n) is 7.69. The van der Waals surface area contributed by atoms with E-state index in [2.05, 4.69) is 0 Å². The average molecular weight is 423 g/mol. The van der Waals surface area contributed by atoms with Gasteiger partial charge in [0, 0.05) is 6.42 Å². The van der Waals surface area contributed by atoms with Crippen molar-refractivity contribution in [2.45, 2.75) is 17.6 Å². The topological polar surface area (TPSA) is 76.0 Å². The molecule has 0 saturated heterocycles. The number of rotatable bonds is 3. The lowest BCUT2D eigenvalue weighted by atomic mass is 9.54. The number of hydrogen-bond donors (Lipinski definition) is 2. The Bertz CT molecular complexity index is 1180. The first kappa shape index (κ1) is 19.1. The molecule has 2 N–H and O–H groups in total. The summed E-state index contributed by atoms with van der Waals surface area (Å²) in [6, 6.07) is 18.9. The van der Waals surface area contributed by atoms with Crippen LogP contribution in [0, 0.1) is 5.92 Å². The van der Waals surface area contributed by atoms with Gasteiger partial charge in [-0.2, -0.15) is 0 Å². The number of carbonyl (C=O) groups excluding carboxylic acids is 1. The van der Waals surface area contributed by atoms with E-state index in [1.165, 1.54) is 0 Å². The summed E-state index contributed by atoms with van der Waals surface area (Å²) in [5.41, 5.74) is -1.04. The van der Waals surface area contributed by atoms with Crippen molar-refractivity contribution < 1.29 is 24.5 Å². The van der Waals surface area contributed by atoms with Gasteiger partial charge in [-0.1, -0.05) is 54.1 Å². The highest BCUT2D eigenvalue weighted by Gasteiger charge is 2.62. The van der Waals surface area contributed by atoms with Crippen LogP contribution in [-0.4, -0.2) is 23.3 Å². The highest BCUT2D eigenvalue weighted by molar-refractivity contribution is 6.32. The first-order chi connectivity index (χ1) is 14.4. The summed E-state index contributed by atoms with van der Waals surface area (Å²) < 4.78 is 10.9. The summed E-state index contributed by atoms with van der Waals surface area (Å²) in [7, 11) is 1.54. The van der Waals surface area contributed by atoms with E-state index in [4.69, 9.17) is 21.1 Å². The molecule has 3 aliphatic rings. The zero-order valence-electron chi connectivity index (χ0n) is 16.1. The summed E-state index contributed by atoms with van der Waals surface area (Å²) in [5, 5.41) is 24.1. The molecule has 3 aliphatic carbocycles. The summed E-state index contributed by atoms with van der Waals surface area (Å²) >= 11 is 6.14. The fourth-order valence-electron chi connectivity index (χ4n) is 4.79. The molecule has 0 spiro atoms. The molecule has 0 heterocycles. The fourth-order valence-corrected chi connectivity index (χ4v) is 4.96. The van der Waals surface area contributed by atoms with Crippen LogP contribution in [0.15, 0.2) is 66.7 Å². The molecule has 3 unspecified atom stereocenters. The number of halogens is 1.